The van der Waals surface area contributed by atoms with Crippen LogP contribution in [0.5, 0.6) is 0 Å². The predicted octanol–water partition coefficient (Wildman–Crippen LogP) is 2.95. The van der Waals surface area contributed by atoms with Crippen LogP contribution in [0.4, 0.5) is 5.69 Å². The molecule has 1 spiro atoms. The fraction of sp³-hybridized carbons (Fsp3) is 0.556. The number of carbonyl (C=O) groups excluding carboxylic acids is 2. The zero-order chi connectivity index (χ0) is 17.1. The Hall–Kier alpha value is -1.40. The molecule has 4 rings (SSSR count). The summed E-state index contributed by atoms with van der Waals surface area (Å²) in [5.74, 6) is -0.403. The number of ether oxygens (including phenoxy) is 1. The fourth-order valence-electron chi connectivity index (χ4n) is 4.81. The summed E-state index contributed by atoms with van der Waals surface area (Å²) in [5, 5.41) is 3.08. The molecule has 3 heterocycles. The maximum absolute atomic E-state index is 13.1. The maximum atomic E-state index is 13.1. The van der Waals surface area contributed by atoms with Crippen molar-refractivity contribution in [2.75, 3.05) is 18.5 Å². The molecule has 2 fully saturated rings. The van der Waals surface area contributed by atoms with E-state index >= 15 is 0 Å². The molecule has 1 N–H and O–H groups in total. The molecule has 1 amide bonds. The molecule has 24 heavy (non-hydrogen) atoms. The summed E-state index contributed by atoms with van der Waals surface area (Å²) in [7, 11) is 0. The van der Waals surface area contributed by atoms with Crippen LogP contribution in [-0.2, 0) is 19.9 Å². The fourth-order valence-corrected chi connectivity index (χ4v) is 5.38. The van der Waals surface area contributed by atoms with Gasteiger partial charge in [0, 0.05) is 21.8 Å². The minimum atomic E-state index is -0.734. The average molecular weight is 393 g/mol. The normalized spacial score (nSPS) is 31.2. The number of halogens is 1. The van der Waals surface area contributed by atoms with Crippen LogP contribution >= 0.6 is 15.9 Å². The first-order chi connectivity index (χ1) is 11.5. The van der Waals surface area contributed by atoms with Gasteiger partial charge in [-0.05, 0) is 57.4 Å². The van der Waals surface area contributed by atoms with Gasteiger partial charge in [0.15, 0.2) is 0 Å². The van der Waals surface area contributed by atoms with Crippen LogP contribution < -0.4 is 5.32 Å². The van der Waals surface area contributed by atoms with Crippen LogP contribution in [0, 0.1) is 12.8 Å². The molecule has 5 nitrogen and oxygen atoms in total. The molecule has 3 atom stereocenters. The molecular weight excluding hydrogens is 372 g/mol. The third kappa shape index (κ3) is 2.02. The van der Waals surface area contributed by atoms with Crippen molar-refractivity contribution >= 4 is 33.5 Å². The van der Waals surface area contributed by atoms with E-state index in [0.717, 1.165) is 40.7 Å². The number of esters is 1. The first-order valence-electron chi connectivity index (χ1n) is 8.54. The number of carbonyl (C=O) groups is 2. The molecule has 0 radical (unpaired) electrons. The average Bonchev–Trinajstić information content (AvgIpc) is 3.17. The van der Waals surface area contributed by atoms with E-state index in [-0.39, 0.29) is 23.8 Å². The first-order valence-corrected chi connectivity index (χ1v) is 9.33. The zero-order valence-electron chi connectivity index (χ0n) is 13.9. The maximum Gasteiger partial charge on any atom is 0.310 e. The molecule has 6 heteroatoms. The molecule has 3 aliphatic rings. The molecule has 0 saturated carbocycles. The highest BCUT2D eigenvalue weighted by Crippen LogP contribution is 2.55. The summed E-state index contributed by atoms with van der Waals surface area (Å²) in [4.78, 5) is 27.8. The van der Waals surface area contributed by atoms with Crippen molar-refractivity contribution in [3.8, 4) is 0 Å². The Morgan fingerprint density at radius 2 is 2.29 bits per heavy atom. The van der Waals surface area contributed by atoms with Crippen molar-refractivity contribution in [3.63, 3.8) is 0 Å². The standard InChI is InChI=1S/C18H21BrN2O3/c1-3-24-16(22)12-9-18(21-6-4-5-14(12)21)13-8-11(19)7-10(2)15(13)20-17(18)23/h7-8,12,14H,3-6,9H2,1-2H3,(H,20,23)/t12-,14+,18-/m0/s1. The Morgan fingerprint density at radius 3 is 3.04 bits per heavy atom. The number of aryl methyl sites for hydroxylation is 1. The van der Waals surface area contributed by atoms with Gasteiger partial charge in [0.1, 0.15) is 5.54 Å². The molecule has 2 saturated heterocycles. The zero-order valence-corrected chi connectivity index (χ0v) is 15.5. The van der Waals surface area contributed by atoms with Crippen molar-refractivity contribution in [2.24, 2.45) is 5.92 Å². The summed E-state index contributed by atoms with van der Waals surface area (Å²) in [6.45, 7) is 5.05. The number of benzene rings is 1. The number of nitrogens with zero attached hydrogens (tertiary/aromatic N) is 1. The van der Waals surface area contributed by atoms with Crippen LogP contribution in [0.15, 0.2) is 16.6 Å². The van der Waals surface area contributed by atoms with Gasteiger partial charge in [-0.15, -0.1) is 0 Å². The van der Waals surface area contributed by atoms with Crippen molar-refractivity contribution < 1.29 is 14.3 Å². The van der Waals surface area contributed by atoms with Crippen molar-refractivity contribution in [3.05, 3.63) is 27.7 Å². The SMILES string of the molecule is CCOC(=O)[C@H]1C[C@]2(C(=O)Nc3c(C)cc(Br)cc32)N2CCC[C@H]12. The topological polar surface area (TPSA) is 58.6 Å². The molecule has 0 bridgehead atoms. The van der Waals surface area contributed by atoms with Gasteiger partial charge in [0.2, 0.25) is 5.91 Å². The van der Waals surface area contributed by atoms with Crippen molar-refractivity contribution in [1.82, 2.24) is 4.90 Å². The largest absolute Gasteiger partial charge is 0.466 e. The van der Waals surface area contributed by atoms with Gasteiger partial charge in [-0.3, -0.25) is 14.5 Å². The Bertz CT molecular complexity index is 735. The van der Waals surface area contributed by atoms with Crippen LogP contribution in [0.3, 0.4) is 0 Å². The molecule has 128 valence electrons. The third-order valence-electron chi connectivity index (χ3n) is 5.72. The van der Waals surface area contributed by atoms with Crippen molar-refractivity contribution in [2.45, 2.75) is 44.7 Å². The summed E-state index contributed by atoms with van der Waals surface area (Å²) >= 11 is 3.56. The molecule has 0 aromatic heterocycles. The molecule has 1 aromatic rings. The minimum absolute atomic E-state index is 0.00241. The number of nitrogens with one attached hydrogen (secondary N) is 1. The highest BCUT2D eigenvalue weighted by Gasteiger charge is 2.63. The summed E-state index contributed by atoms with van der Waals surface area (Å²) in [5.41, 5.74) is 2.21. The lowest BCUT2D eigenvalue weighted by molar-refractivity contribution is -0.148. The van der Waals surface area contributed by atoms with E-state index in [9.17, 15) is 9.59 Å². The molecule has 0 aliphatic carbocycles. The summed E-state index contributed by atoms with van der Waals surface area (Å²) in [6, 6.07) is 4.14. The highest BCUT2D eigenvalue weighted by molar-refractivity contribution is 9.10. The number of fused-ring (bicyclic) bond motifs is 4. The lowest BCUT2D eigenvalue weighted by atomic mass is 9.84. The predicted molar refractivity (Wildman–Crippen MR) is 93.7 cm³/mol. The second-order valence-electron chi connectivity index (χ2n) is 6.93. The van der Waals surface area contributed by atoms with Crippen LogP contribution in [0.2, 0.25) is 0 Å². The van der Waals surface area contributed by atoms with E-state index in [1.807, 2.05) is 26.0 Å². The van der Waals surface area contributed by atoms with Crippen LogP contribution in [-0.4, -0.2) is 36.0 Å². The van der Waals surface area contributed by atoms with Crippen LogP contribution in [0.1, 0.15) is 37.3 Å². The van der Waals surface area contributed by atoms with Gasteiger partial charge in [-0.2, -0.15) is 0 Å². The minimum Gasteiger partial charge on any atom is -0.466 e. The second-order valence-corrected chi connectivity index (χ2v) is 7.84. The number of hydrogen-bond acceptors (Lipinski definition) is 4. The quantitative estimate of drug-likeness (QED) is 0.785. The number of hydrogen-bond donors (Lipinski definition) is 1. The van der Waals surface area contributed by atoms with E-state index < -0.39 is 5.54 Å². The number of anilines is 1. The first kappa shape index (κ1) is 16.1. The van der Waals surface area contributed by atoms with Gasteiger partial charge in [-0.25, -0.2) is 0 Å². The number of amides is 1. The molecule has 1 aromatic carbocycles. The smallest absolute Gasteiger partial charge is 0.310 e. The molecule has 3 aliphatic heterocycles. The lowest BCUT2D eigenvalue weighted by Gasteiger charge is -2.32. The molecular formula is C18H21BrN2O3. The Balaban J connectivity index is 1.84. The highest BCUT2D eigenvalue weighted by atomic mass is 79.9. The Labute approximate surface area is 149 Å². The third-order valence-corrected chi connectivity index (χ3v) is 6.18. The van der Waals surface area contributed by atoms with E-state index in [0.29, 0.717) is 13.0 Å². The van der Waals surface area contributed by atoms with Crippen LogP contribution in [0.25, 0.3) is 0 Å². The lowest BCUT2D eigenvalue weighted by Crippen LogP contribution is -2.47. The van der Waals surface area contributed by atoms with E-state index in [4.69, 9.17) is 4.74 Å². The molecule has 0 unspecified atom stereocenters. The van der Waals surface area contributed by atoms with E-state index in [1.165, 1.54) is 0 Å². The number of rotatable bonds is 2. The van der Waals surface area contributed by atoms with E-state index in [2.05, 4.69) is 26.1 Å². The van der Waals surface area contributed by atoms with Gasteiger partial charge in [0.25, 0.3) is 0 Å². The monoisotopic (exact) mass is 392 g/mol. The Kier molecular flexibility index (Phi) is 3.73. The van der Waals surface area contributed by atoms with Gasteiger partial charge in [0.05, 0.1) is 12.5 Å². The van der Waals surface area contributed by atoms with Gasteiger partial charge < -0.3 is 10.1 Å². The summed E-state index contributed by atoms with van der Waals surface area (Å²) < 4.78 is 6.26. The van der Waals surface area contributed by atoms with Gasteiger partial charge in [-0.1, -0.05) is 15.9 Å². The van der Waals surface area contributed by atoms with E-state index in [1.54, 1.807) is 0 Å². The Morgan fingerprint density at radius 1 is 1.50 bits per heavy atom. The van der Waals surface area contributed by atoms with Crippen molar-refractivity contribution in [1.29, 1.82) is 0 Å². The van der Waals surface area contributed by atoms with Gasteiger partial charge >= 0.3 is 5.97 Å². The summed E-state index contributed by atoms with van der Waals surface area (Å²) in [6.07, 6.45) is 2.46. The second kappa shape index (κ2) is 5.56.